The Balaban J connectivity index is 2.20. The average molecular weight is 281 g/mol. The van der Waals surface area contributed by atoms with Gasteiger partial charge in [-0.15, -0.1) is 10.2 Å². The quantitative estimate of drug-likeness (QED) is 0.678. The summed E-state index contributed by atoms with van der Waals surface area (Å²) in [5.41, 5.74) is 4.45. The molecular weight excluding hydrogens is 266 g/mol. The number of hydrogen-bond acceptors (Lipinski definition) is 4. The van der Waals surface area contributed by atoms with Gasteiger partial charge in [0.25, 0.3) is 0 Å². The maximum atomic E-state index is 11.7. The molecule has 5 heteroatoms. The molecule has 0 radical (unpaired) electrons. The third-order valence-corrected chi connectivity index (χ3v) is 3.30. The van der Waals surface area contributed by atoms with E-state index < -0.39 is 0 Å². The van der Waals surface area contributed by atoms with Crippen molar-refractivity contribution in [1.82, 2.24) is 14.6 Å². The largest absolute Gasteiger partial charge is 0.465 e. The predicted octanol–water partition coefficient (Wildman–Crippen LogP) is 2.80. The summed E-state index contributed by atoms with van der Waals surface area (Å²) in [7, 11) is 1.36. The third kappa shape index (κ3) is 2.38. The Hall–Kier alpha value is -2.69. The maximum absolute atomic E-state index is 11.7. The molecule has 0 saturated heterocycles. The number of hydrogen-bond donors (Lipinski definition) is 0. The van der Waals surface area contributed by atoms with Crippen LogP contribution < -0.4 is 0 Å². The number of nitrogens with zero attached hydrogens (tertiary/aromatic N) is 3. The molecule has 0 fully saturated rings. The Labute approximate surface area is 122 Å². The van der Waals surface area contributed by atoms with Gasteiger partial charge in [-0.2, -0.15) is 0 Å². The van der Waals surface area contributed by atoms with Crippen molar-refractivity contribution >= 4 is 11.6 Å². The number of aryl methyl sites for hydroxylation is 2. The van der Waals surface area contributed by atoms with Crippen LogP contribution in [0.15, 0.2) is 36.5 Å². The number of benzene rings is 1. The summed E-state index contributed by atoms with van der Waals surface area (Å²) in [6, 6.07) is 9.64. The van der Waals surface area contributed by atoms with E-state index in [1.54, 1.807) is 22.7 Å². The number of rotatable bonds is 2. The van der Waals surface area contributed by atoms with Gasteiger partial charge in [0.1, 0.15) is 0 Å². The van der Waals surface area contributed by atoms with Crippen LogP contribution >= 0.6 is 0 Å². The fourth-order valence-electron chi connectivity index (χ4n) is 2.43. The van der Waals surface area contributed by atoms with Crippen LogP contribution in [-0.2, 0) is 4.74 Å². The second kappa shape index (κ2) is 5.01. The standard InChI is InChI=1S/C16H15N3O2/c1-10-6-11(2)8-13(7-10)15-18-17-14-5-4-12(9-19(14)15)16(20)21-3/h4-9H,1-3H3. The number of esters is 1. The van der Waals surface area contributed by atoms with Crippen LogP contribution in [0.3, 0.4) is 0 Å². The van der Waals surface area contributed by atoms with Crippen LogP contribution in [0.1, 0.15) is 21.5 Å². The molecule has 0 amide bonds. The Kier molecular flexibility index (Phi) is 3.17. The van der Waals surface area contributed by atoms with Gasteiger partial charge in [-0.25, -0.2) is 4.79 Å². The molecule has 0 N–H and O–H groups in total. The van der Waals surface area contributed by atoms with Crippen molar-refractivity contribution in [1.29, 1.82) is 0 Å². The molecular formula is C16H15N3O2. The minimum absolute atomic E-state index is 0.378. The van der Waals surface area contributed by atoms with Crippen LogP contribution in [0.5, 0.6) is 0 Å². The van der Waals surface area contributed by atoms with Crippen molar-refractivity contribution in [3.05, 3.63) is 53.2 Å². The molecule has 0 aliphatic carbocycles. The number of ether oxygens (including phenoxy) is 1. The average Bonchev–Trinajstić information content (AvgIpc) is 2.88. The second-order valence-electron chi connectivity index (χ2n) is 5.04. The van der Waals surface area contributed by atoms with Crippen LogP contribution in [0.4, 0.5) is 0 Å². The van der Waals surface area contributed by atoms with E-state index in [2.05, 4.69) is 16.3 Å². The highest BCUT2D eigenvalue weighted by atomic mass is 16.5. The van der Waals surface area contributed by atoms with Crippen LogP contribution in [0, 0.1) is 13.8 Å². The summed E-state index contributed by atoms with van der Waals surface area (Å²) in [5.74, 6) is 0.333. The topological polar surface area (TPSA) is 56.5 Å². The fraction of sp³-hybridized carbons (Fsp3) is 0.188. The van der Waals surface area contributed by atoms with E-state index in [1.807, 2.05) is 26.0 Å². The number of methoxy groups -OCH3 is 1. The molecule has 21 heavy (non-hydrogen) atoms. The maximum Gasteiger partial charge on any atom is 0.339 e. The summed E-state index contributed by atoms with van der Waals surface area (Å²) >= 11 is 0. The van der Waals surface area contributed by atoms with Gasteiger partial charge >= 0.3 is 5.97 Å². The predicted molar refractivity (Wildman–Crippen MR) is 79.2 cm³/mol. The minimum atomic E-state index is -0.378. The number of carbonyl (C=O) groups is 1. The Morgan fingerprint density at radius 2 is 1.81 bits per heavy atom. The summed E-state index contributed by atoms with van der Waals surface area (Å²) in [4.78, 5) is 11.7. The molecule has 0 atom stereocenters. The highest BCUT2D eigenvalue weighted by Crippen LogP contribution is 2.21. The summed E-state index contributed by atoms with van der Waals surface area (Å²) in [5, 5.41) is 8.38. The molecule has 0 aliphatic heterocycles. The van der Waals surface area contributed by atoms with Gasteiger partial charge in [-0.3, -0.25) is 4.40 Å². The van der Waals surface area contributed by atoms with E-state index in [9.17, 15) is 4.79 Å². The first kappa shape index (κ1) is 13.3. The molecule has 0 unspecified atom stereocenters. The molecule has 0 spiro atoms. The zero-order chi connectivity index (χ0) is 15.0. The van der Waals surface area contributed by atoms with Crippen molar-refractivity contribution in [2.24, 2.45) is 0 Å². The van der Waals surface area contributed by atoms with Gasteiger partial charge < -0.3 is 4.74 Å². The number of carbonyl (C=O) groups excluding carboxylic acids is 1. The van der Waals surface area contributed by atoms with Crippen molar-refractivity contribution in [2.75, 3.05) is 7.11 Å². The smallest absolute Gasteiger partial charge is 0.339 e. The highest BCUT2D eigenvalue weighted by molar-refractivity contribution is 5.89. The van der Waals surface area contributed by atoms with Crippen LogP contribution in [0.25, 0.3) is 17.0 Å². The monoisotopic (exact) mass is 281 g/mol. The molecule has 0 saturated carbocycles. The number of fused-ring (bicyclic) bond motifs is 1. The Bertz CT molecular complexity index is 816. The summed E-state index contributed by atoms with van der Waals surface area (Å²) < 4.78 is 6.56. The van der Waals surface area contributed by atoms with Gasteiger partial charge in [-0.05, 0) is 38.1 Å². The van der Waals surface area contributed by atoms with Gasteiger partial charge in [0.15, 0.2) is 11.5 Å². The van der Waals surface area contributed by atoms with E-state index >= 15 is 0 Å². The molecule has 106 valence electrons. The number of pyridine rings is 1. The lowest BCUT2D eigenvalue weighted by Crippen LogP contribution is -2.03. The van der Waals surface area contributed by atoms with E-state index in [-0.39, 0.29) is 5.97 Å². The minimum Gasteiger partial charge on any atom is -0.465 e. The van der Waals surface area contributed by atoms with Gasteiger partial charge in [0, 0.05) is 11.8 Å². The van der Waals surface area contributed by atoms with Gasteiger partial charge in [0.2, 0.25) is 0 Å². The zero-order valence-corrected chi connectivity index (χ0v) is 12.1. The molecule has 3 aromatic rings. The van der Waals surface area contributed by atoms with Crippen molar-refractivity contribution in [3.8, 4) is 11.4 Å². The SMILES string of the molecule is COC(=O)c1ccc2nnc(-c3cc(C)cc(C)c3)n2c1. The summed E-state index contributed by atoms with van der Waals surface area (Å²) in [6.07, 6.45) is 1.70. The van der Waals surface area contributed by atoms with E-state index in [0.29, 0.717) is 17.0 Å². The lowest BCUT2D eigenvalue weighted by molar-refractivity contribution is 0.0600. The van der Waals surface area contributed by atoms with E-state index in [0.717, 1.165) is 16.7 Å². The zero-order valence-electron chi connectivity index (χ0n) is 12.1. The third-order valence-electron chi connectivity index (χ3n) is 3.30. The first-order valence-electron chi connectivity index (χ1n) is 6.60. The van der Waals surface area contributed by atoms with Crippen molar-refractivity contribution in [2.45, 2.75) is 13.8 Å². The molecule has 2 aromatic heterocycles. The Morgan fingerprint density at radius 1 is 1.10 bits per heavy atom. The number of aromatic nitrogens is 3. The summed E-state index contributed by atoms with van der Waals surface area (Å²) in [6.45, 7) is 4.08. The van der Waals surface area contributed by atoms with Crippen LogP contribution in [-0.4, -0.2) is 27.7 Å². The van der Waals surface area contributed by atoms with Gasteiger partial charge in [-0.1, -0.05) is 17.2 Å². The van der Waals surface area contributed by atoms with Crippen molar-refractivity contribution in [3.63, 3.8) is 0 Å². The first-order valence-corrected chi connectivity index (χ1v) is 6.60. The second-order valence-corrected chi connectivity index (χ2v) is 5.04. The first-order chi connectivity index (χ1) is 10.1. The molecule has 3 rings (SSSR count). The Morgan fingerprint density at radius 3 is 2.48 bits per heavy atom. The van der Waals surface area contributed by atoms with E-state index in [1.165, 1.54) is 7.11 Å². The van der Waals surface area contributed by atoms with Crippen molar-refractivity contribution < 1.29 is 9.53 Å². The van der Waals surface area contributed by atoms with Gasteiger partial charge in [0.05, 0.1) is 12.7 Å². The molecule has 0 aliphatic rings. The molecule has 1 aromatic carbocycles. The normalized spacial score (nSPS) is 10.8. The molecule has 0 bridgehead atoms. The lowest BCUT2D eigenvalue weighted by atomic mass is 10.1. The highest BCUT2D eigenvalue weighted by Gasteiger charge is 2.12. The van der Waals surface area contributed by atoms with E-state index in [4.69, 9.17) is 4.74 Å². The fourth-order valence-corrected chi connectivity index (χ4v) is 2.43. The molecule has 5 nitrogen and oxygen atoms in total. The lowest BCUT2D eigenvalue weighted by Gasteiger charge is -2.05. The van der Waals surface area contributed by atoms with Crippen LogP contribution in [0.2, 0.25) is 0 Å². The molecule has 2 heterocycles.